The van der Waals surface area contributed by atoms with Gasteiger partial charge in [-0.05, 0) is 6.42 Å². The fourth-order valence-electron chi connectivity index (χ4n) is 0.345. The Bertz CT molecular complexity index is 150. The summed E-state index contributed by atoms with van der Waals surface area (Å²) in [7, 11) is 0. The first-order chi connectivity index (χ1) is 4.72. The molecule has 0 spiro atoms. The Labute approximate surface area is 59.6 Å². The lowest BCUT2D eigenvalue weighted by atomic mass is 10.4. The molecule has 0 rings (SSSR count). The van der Waals surface area contributed by atoms with Crippen LogP contribution in [0.3, 0.4) is 0 Å². The van der Waals surface area contributed by atoms with Gasteiger partial charge in [0.2, 0.25) is 0 Å². The zero-order valence-corrected chi connectivity index (χ0v) is 5.83. The van der Waals surface area contributed by atoms with Crippen LogP contribution in [0.5, 0.6) is 0 Å². The van der Waals surface area contributed by atoms with Gasteiger partial charge in [0.1, 0.15) is 0 Å². The first kappa shape index (κ1) is 8.92. The van der Waals surface area contributed by atoms with Crippen LogP contribution in [0, 0.1) is 11.3 Å². The van der Waals surface area contributed by atoms with E-state index < -0.39 is 12.0 Å². The zero-order chi connectivity index (χ0) is 7.98. The lowest BCUT2D eigenvalue weighted by Crippen LogP contribution is -2.30. The van der Waals surface area contributed by atoms with Gasteiger partial charge in [-0.2, -0.15) is 5.26 Å². The van der Waals surface area contributed by atoms with Crippen molar-refractivity contribution < 1.29 is 9.53 Å². The Morgan fingerprint density at radius 3 is 2.90 bits per heavy atom. The summed E-state index contributed by atoms with van der Waals surface area (Å²) < 4.78 is 4.56. The van der Waals surface area contributed by atoms with E-state index in [1.54, 1.807) is 6.07 Å². The van der Waals surface area contributed by atoms with Gasteiger partial charge < -0.3 is 10.5 Å². The molecule has 0 radical (unpaired) electrons. The van der Waals surface area contributed by atoms with E-state index in [4.69, 9.17) is 11.0 Å². The van der Waals surface area contributed by atoms with E-state index in [2.05, 4.69) is 4.74 Å². The van der Waals surface area contributed by atoms with Crippen LogP contribution in [0.4, 0.5) is 0 Å². The monoisotopic (exact) mass is 142 g/mol. The molecule has 0 aliphatic rings. The quantitative estimate of drug-likeness (QED) is 0.553. The number of nitrogens with two attached hydrogens (primary N) is 1. The Kier molecular flexibility index (Phi) is 4.25. The van der Waals surface area contributed by atoms with Gasteiger partial charge in [0.05, 0.1) is 12.7 Å². The number of rotatable bonds is 3. The van der Waals surface area contributed by atoms with Crippen LogP contribution in [0.1, 0.15) is 13.3 Å². The summed E-state index contributed by atoms with van der Waals surface area (Å²) in [4.78, 5) is 10.6. The molecule has 0 amide bonds. The standard InChI is InChI=1S/C6H10N2O2/c1-2-3-10-6(9)5(8)4-7/h5H,2-3,8H2,1H3. The number of esters is 1. The normalized spacial score (nSPS) is 11.7. The van der Waals surface area contributed by atoms with Crippen molar-refractivity contribution in [2.75, 3.05) is 6.61 Å². The molecular formula is C6H10N2O2. The Balaban J connectivity index is 3.54. The third-order valence-electron chi connectivity index (χ3n) is 0.841. The highest BCUT2D eigenvalue weighted by atomic mass is 16.5. The van der Waals surface area contributed by atoms with Gasteiger partial charge in [-0.1, -0.05) is 6.92 Å². The van der Waals surface area contributed by atoms with Crippen LogP contribution >= 0.6 is 0 Å². The third kappa shape index (κ3) is 3.05. The lowest BCUT2D eigenvalue weighted by Gasteiger charge is -2.02. The smallest absolute Gasteiger partial charge is 0.337 e. The highest BCUT2D eigenvalue weighted by Gasteiger charge is 2.12. The maximum atomic E-state index is 10.6. The molecule has 0 heterocycles. The summed E-state index contributed by atoms with van der Waals surface area (Å²) >= 11 is 0. The minimum atomic E-state index is -1.13. The van der Waals surface area contributed by atoms with Crippen molar-refractivity contribution in [1.29, 1.82) is 5.26 Å². The molecule has 4 nitrogen and oxygen atoms in total. The molecule has 2 N–H and O–H groups in total. The van der Waals surface area contributed by atoms with E-state index in [-0.39, 0.29) is 0 Å². The predicted octanol–water partition coefficient (Wildman–Crippen LogP) is -0.210. The van der Waals surface area contributed by atoms with Gasteiger partial charge >= 0.3 is 5.97 Å². The number of ether oxygens (including phenoxy) is 1. The van der Waals surface area contributed by atoms with E-state index in [1.165, 1.54) is 0 Å². The van der Waals surface area contributed by atoms with E-state index in [9.17, 15) is 4.79 Å². The molecule has 0 aliphatic carbocycles. The summed E-state index contributed by atoms with van der Waals surface area (Å²) in [6, 6.07) is 0.444. The fourth-order valence-corrected chi connectivity index (χ4v) is 0.345. The highest BCUT2D eigenvalue weighted by molar-refractivity contribution is 5.78. The number of hydrogen-bond acceptors (Lipinski definition) is 4. The zero-order valence-electron chi connectivity index (χ0n) is 5.83. The van der Waals surface area contributed by atoms with Crippen LogP contribution in [0.15, 0.2) is 0 Å². The van der Waals surface area contributed by atoms with Crippen LogP contribution in [0.2, 0.25) is 0 Å². The molecule has 0 saturated carbocycles. The molecule has 10 heavy (non-hydrogen) atoms. The largest absolute Gasteiger partial charge is 0.464 e. The Morgan fingerprint density at radius 1 is 1.90 bits per heavy atom. The number of nitriles is 1. The van der Waals surface area contributed by atoms with Crippen LogP contribution < -0.4 is 5.73 Å². The SMILES string of the molecule is CCCOC(=O)C(N)C#N. The first-order valence-corrected chi connectivity index (χ1v) is 3.04. The Morgan fingerprint density at radius 2 is 2.50 bits per heavy atom. The van der Waals surface area contributed by atoms with Gasteiger partial charge in [-0.15, -0.1) is 0 Å². The Hall–Kier alpha value is -1.08. The van der Waals surface area contributed by atoms with Crippen molar-refractivity contribution in [2.24, 2.45) is 5.73 Å². The van der Waals surface area contributed by atoms with E-state index >= 15 is 0 Å². The minimum absolute atomic E-state index is 0.328. The average Bonchev–Trinajstić information content (AvgIpc) is 1.98. The number of carbonyl (C=O) groups excluding carboxylic acids is 1. The van der Waals surface area contributed by atoms with Crippen molar-refractivity contribution in [2.45, 2.75) is 19.4 Å². The van der Waals surface area contributed by atoms with Crippen molar-refractivity contribution in [3.63, 3.8) is 0 Å². The lowest BCUT2D eigenvalue weighted by molar-refractivity contribution is -0.143. The predicted molar refractivity (Wildman–Crippen MR) is 34.8 cm³/mol. The molecule has 1 unspecified atom stereocenters. The number of carbonyl (C=O) groups is 1. The fraction of sp³-hybridized carbons (Fsp3) is 0.667. The summed E-state index contributed by atoms with van der Waals surface area (Å²) in [5.74, 6) is -0.649. The summed E-state index contributed by atoms with van der Waals surface area (Å²) in [6.07, 6.45) is 0.740. The van der Waals surface area contributed by atoms with Crippen molar-refractivity contribution in [3.05, 3.63) is 0 Å². The van der Waals surface area contributed by atoms with Gasteiger partial charge in [-0.25, -0.2) is 4.79 Å². The molecule has 56 valence electrons. The molecule has 1 atom stereocenters. The second-order valence-electron chi connectivity index (χ2n) is 1.77. The average molecular weight is 142 g/mol. The third-order valence-corrected chi connectivity index (χ3v) is 0.841. The first-order valence-electron chi connectivity index (χ1n) is 3.04. The molecule has 0 aromatic rings. The maximum Gasteiger partial charge on any atom is 0.337 e. The summed E-state index contributed by atoms with van der Waals surface area (Å²) in [6.45, 7) is 2.19. The molecule has 0 aromatic heterocycles. The van der Waals surface area contributed by atoms with Gasteiger partial charge in [0.25, 0.3) is 0 Å². The summed E-state index contributed by atoms with van der Waals surface area (Å²) in [5.41, 5.74) is 5.02. The molecule has 0 aromatic carbocycles. The van der Waals surface area contributed by atoms with Crippen molar-refractivity contribution in [1.82, 2.24) is 0 Å². The molecule has 4 heteroatoms. The van der Waals surface area contributed by atoms with Gasteiger partial charge in [0, 0.05) is 0 Å². The number of hydrogen-bond donors (Lipinski definition) is 1. The van der Waals surface area contributed by atoms with Crippen molar-refractivity contribution in [3.8, 4) is 6.07 Å². The van der Waals surface area contributed by atoms with Gasteiger partial charge in [0.15, 0.2) is 6.04 Å². The van der Waals surface area contributed by atoms with Crippen LogP contribution in [-0.2, 0) is 9.53 Å². The topological polar surface area (TPSA) is 76.1 Å². The molecule has 0 fully saturated rings. The van der Waals surface area contributed by atoms with Gasteiger partial charge in [-0.3, -0.25) is 0 Å². The molecular weight excluding hydrogens is 132 g/mol. The minimum Gasteiger partial charge on any atom is -0.464 e. The highest BCUT2D eigenvalue weighted by Crippen LogP contribution is 1.85. The van der Waals surface area contributed by atoms with Crippen molar-refractivity contribution >= 4 is 5.97 Å². The van der Waals surface area contributed by atoms with E-state index in [0.717, 1.165) is 6.42 Å². The van der Waals surface area contributed by atoms with Crippen LogP contribution in [-0.4, -0.2) is 18.6 Å². The molecule has 0 saturated heterocycles. The second kappa shape index (κ2) is 4.77. The maximum absolute atomic E-state index is 10.6. The number of nitrogens with zero attached hydrogens (tertiary/aromatic N) is 1. The van der Waals surface area contributed by atoms with E-state index in [0.29, 0.717) is 6.61 Å². The molecule has 0 aliphatic heterocycles. The van der Waals surface area contributed by atoms with E-state index in [1.807, 2.05) is 6.92 Å². The summed E-state index contributed by atoms with van der Waals surface area (Å²) in [5, 5.41) is 8.13. The van der Waals surface area contributed by atoms with Crippen LogP contribution in [0.25, 0.3) is 0 Å². The molecule has 0 bridgehead atoms. The second-order valence-corrected chi connectivity index (χ2v) is 1.77.